The molecular weight excluding hydrogens is 351 g/mol. The maximum atomic E-state index is 12.3. The van der Waals surface area contributed by atoms with Crippen molar-refractivity contribution in [3.63, 3.8) is 0 Å². The molecule has 0 saturated carbocycles. The van der Waals surface area contributed by atoms with E-state index in [4.69, 9.17) is 10.4 Å². The maximum Gasteiger partial charge on any atom is 0.522 e. The second kappa shape index (κ2) is 6.71. The van der Waals surface area contributed by atoms with Crippen molar-refractivity contribution in [1.29, 1.82) is 0 Å². The molecule has 140 valence electrons. The second-order valence-electron chi connectivity index (χ2n) is 6.90. The molecule has 10 heteroatoms. The summed E-state index contributed by atoms with van der Waals surface area (Å²) in [5.41, 5.74) is 7.40. The molecule has 27 heavy (non-hydrogen) atoms. The summed E-state index contributed by atoms with van der Waals surface area (Å²) in [7, 11) is -1.01. The summed E-state index contributed by atoms with van der Waals surface area (Å²) in [5.74, 6) is -1.07. The van der Waals surface area contributed by atoms with Crippen LogP contribution in [0.3, 0.4) is 0 Å². The van der Waals surface area contributed by atoms with Crippen molar-refractivity contribution in [1.82, 2.24) is 14.7 Å². The minimum atomic E-state index is -1.13. The molecule has 2 aliphatic heterocycles. The van der Waals surface area contributed by atoms with E-state index in [1.807, 2.05) is 0 Å². The Balaban J connectivity index is 1.59. The Kier molecular flexibility index (Phi) is 4.36. The van der Waals surface area contributed by atoms with E-state index in [1.54, 1.807) is 23.2 Å². The van der Waals surface area contributed by atoms with Gasteiger partial charge in [-0.25, -0.2) is 4.79 Å². The maximum absolute atomic E-state index is 12.3. The predicted octanol–water partition coefficient (Wildman–Crippen LogP) is -0.172. The summed E-state index contributed by atoms with van der Waals surface area (Å²) in [4.78, 5) is 25.8. The van der Waals surface area contributed by atoms with Gasteiger partial charge < -0.3 is 25.4 Å². The molecule has 0 aliphatic carbocycles. The van der Waals surface area contributed by atoms with Gasteiger partial charge in [0, 0.05) is 25.3 Å². The van der Waals surface area contributed by atoms with Gasteiger partial charge in [-0.1, -0.05) is 12.1 Å². The van der Waals surface area contributed by atoms with Crippen LogP contribution in [-0.2, 0) is 13.0 Å². The van der Waals surface area contributed by atoms with Crippen molar-refractivity contribution in [2.75, 3.05) is 13.1 Å². The average Bonchev–Trinajstić information content (AvgIpc) is 3.06. The third-order valence-electron chi connectivity index (χ3n) is 4.86. The highest BCUT2D eigenvalue weighted by Crippen LogP contribution is 2.33. The molecule has 3 heterocycles. The van der Waals surface area contributed by atoms with E-state index in [-0.39, 0.29) is 29.8 Å². The van der Waals surface area contributed by atoms with Crippen LogP contribution in [0.4, 0.5) is 0 Å². The zero-order valence-electron chi connectivity index (χ0n) is 14.5. The van der Waals surface area contributed by atoms with E-state index in [0.29, 0.717) is 37.0 Å². The van der Waals surface area contributed by atoms with Crippen LogP contribution in [0.25, 0.3) is 0 Å². The van der Waals surface area contributed by atoms with E-state index < -0.39 is 13.1 Å². The molecule has 0 atom stereocenters. The number of rotatable bonds is 4. The number of nitrogens with two attached hydrogens (primary N) is 1. The van der Waals surface area contributed by atoms with Crippen LogP contribution in [0.2, 0.25) is 6.32 Å². The van der Waals surface area contributed by atoms with Crippen molar-refractivity contribution >= 4 is 19.0 Å². The van der Waals surface area contributed by atoms with Crippen LogP contribution >= 0.6 is 0 Å². The quantitative estimate of drug-likeness (QED) is 0.637. The SMILES string of the molecule is NC1CN(C(=O)c2cnn(Cc3ccc4c(c3C(=O)O)OB(O)CC4)c2)C1. The molecule has 9 nitrogen and oxygen atoms in total. The molecule has 2 aliphatic rings. The van der Waals surface area contributed by atoms with Crippen LogP contribution in [-0.4, -0.2) is 62.9 Å². The van der Waals surface area contributed by atoms with Gasteiger partial charge in [0.1, 0.15) is 11.3 Å². The van der Waals surface area contributed by atoms with Gasteiger partial charge in [0.2, 0.25) is 0 Å². The summed E-state index contributed by atoms with van der Waals surface area (Å²) in [6.07, 6.45) is 4.03. The normalized spacial score (nSPS) is 16.5. The lowest BCUT2D eigenvalue weighted by atomic mass is 9.78. The van der Waals surface area contributed by atoms with Crippen molar-refractivity contribution in [2.45, 2.75) is 25.3 Å². The number of carboxylic acids is 1. The number of fused-ring (bicyclic) bond motifs is 1. The fourth-order valence-corrected chi connectivity index (χ4v) is 3.43. The van der Waals surface area contributed by atoms with Gasteiger partial charge in [-0.2, -0.15) is 5.10 Å². The summed E-state index contributed by atoms with van der Waals surface area (Å²) in [6, 6.07) is 3.55. The van der Waals surface area contributed by atoms with Crippen molar-refractivity contribution in [3.05, 3.63) is 46.8 Å². The van der Waals surface area contributed by atoms with Crippen LogP contribution in [0.1, 0.15) is 31.8 Å². The topological polar surface area (TPSA) is 131 Å². The number of amides is 1. The second-order valence-corrected chi connectivity index (χ2v) is 6.90. The monoisotopic (exact) mass is 370 g/mol. The van der Waals surface area contributed by atoms with Gasteiger partial charge in [-0.15, -0.1) is 0 Å². The highest BCUT2D eigenvalue weighted by molar-refractivity contribution is 6.44. The van der Waals surface area contributed by atoms with Gasteiger partial charge >= 0.3 is 13.1 Å². The lowest BCUT2D eigenvalue weighted by molar-refractivity contribution is 0.0607. The number of aromatic carboxylic acids is 1. The first kappa shape index (κ1) is 17.6. The Labute approximate surface area is 155 Å². The molecule has 1 amide bonds. The molecule has 1 fully saturated rings. The number of nitrogens with zero attached hydrogens (tertiary/aromatic N) is 3. The van der Waals surface area contributed by atoms with E-state index in [2.05, 4.69) is 5.10 Å². The van der Waals surface area contributed by atoms with Gasteiger partial charge in [0.15, 0.2) is 0 Å². The number of hydrogen-bond donors (Lipinski definition) is 3. The summed E-state index contributed by atoms with van der Waals surface area (Å²) < 4.78 is 6.90. The molecular formula is C17H19BN4O5. The fraction of sp³-hybridized carbons (Fsp3) is 0.353. The average molecular weight is 370 g/mol. The zero-order chi connectivity index (χ0) is 19.1. The Hall–Kier alpha value is -2.85. The Morgan fingerprint density at radius 2 is 2.15 bits per heavy atom. The number of aromatic nitrogens is 2. The summed E-state index contributed by atoms with van der Waals surface area (Å²) in [5, 5.41) is 23.6. The number of likely N-dealkylation sites (tertiary alicyclic amines) is 1. The molecule has 0 radical (unpaired) electrons. The van der Waals surface area contributed by atoms with Crippen LogP contribution < -0.4 is 10.4 Å². The fourth-order valence-electron chi connectivity index (χ4n) is 3.43. The van der Waals surface area contributed by atoms with E-state index in [9.17, 15) is 19.7 Å². The minimum absolute atomic E-state index is 0.0170. The van der Waals surface area contributed by atoms with Gasteiger partial charge in [-0.05, 0) is 23.9 Å². The molecule has 4 rings (SSSR count). The first-order chi connectivity index (χ1) is 12.9. The molecule has 0 unspecified atom stereocenters. The van der Waals surface area contributed by atoms with Gasteiger partial charge in [-0.3, -0.25) is 9.48 Å². The van der Waals surface area contributed by atoms with Gasteiger partial charge in [0.05, 0.1) is 18.3 Å². The first-order valence-corrected chi connectivity index (χ1v) is 8.72. The first-order valence-electron chi connectivity index (χ1n) is 8.72. The molecule has 0 spiro atoms. The number of benzene rings is 1. The standard InChI is InChI=1S/C17H19BN4O5/c19-13-8-21(9-13)16(23)12-5-20-22(7-12)6-11-2-1-10-3-4-18(26)27-15(10)14(11)17(24)25/h1-2,5,7,13,26H,3-4,6,8-9,19H2,(H,24,25). The van der Waals surface area contributed by atoms with E-state index >= 15 is 0 Å². The number of hydrogen-bond acceptors (Lipinski definition) is 6. The summed E-state index contributed by atoms with van der Waals surface area (Å²) >= 11 is 0. The third-order valence-corrected chi connectivity index (χ3v) is 4.86. The van der Waals surface area contributed by atoms with Crippen LogP contribution in [0.15, 0.2) is 24.5 Å². The Bertz CT molecular complexity index is 909. The lowest BCUT2D eigenvalue weighted by Gasteiger charge is -2.36. The predicted molar refractivity (Wildman–Crippen MR) is 95.7 cm³/mol. The molecule has 4 N–H and O–H groups in total. The Morgan fingerprint density at radius 3 is 2.85 bits per heavy atom. The van der Waals surface area contributed by atoms with Gasteiger partial charge in [0.25, 0.3) is 5.91 Å². The third kappa shape index (κ3) is 3.29. The molecule has 0 bridgehead atoms. The largest absolute Gasteiger partial charge is 0.535 e. The van der Waals surface area contributed by atoms with Crippen molar-refractivity contribution in [3.8, 4) is 5.75 Å². The highest BCUT2D eigenvalue weighted by Gasteiger charge is 2.30. The van der Waals surface area contributed by atoms with E-state index in [0.717, 1.165) is 5.56 Å². The molecule has 1 aromatic heterocycles. The number of aryl methyl sites for hydroxylation is 1. The zero-order valence-corrected chi connectivity index (χ0v) is 14.5. The van der Waals surface area contributed by atoms with Crippen LogP contribution in [0, 0.1) is 0 Å². The highest BCUT2D eigenvalue weighted by atomic mass is 16.5. The number of carbonyl (C=O) groups is 2. The van der Waals surface area contributed by atoms with E-state index in [1.165, 1.54) is 10.9 Å². The Morgan fingerprint density at radius 1 is 1.37 bits per heavy atom. The molecule has 1 saturated heterocycles. The molecule has 1 aromatic carbocycles. The lowest BCUT2D eigenvalue weighted by Crippen LogP contribution is -2.57. The van der Waals surface area contributed by atoms with Crippen LogP contribution in [0.5, 0.6) is 5.75 Å². The van der Waals surface area contributed by atoms with Crippen molar-refractivity contribution < 1.29 is 24.4 Å². The molecule has 2 aromatic rings. The smallest absolute Gasteiger partial charge is 0.522 e. The number of carbonyl (C=O) groups excluding carboxylic acids is 1. The van der Waals surface area contributed by atoms with Crippen molar-refractivity contribution in [2.24, 2.45) is 5.73 Å². The summed E-state index contributed by atoms with van der Waals surface area (Å²) in [6.45, 7) is 1.22. The number of carboxylic acid groups (broad SMARTS) is 1. The minimum Gasteiger partial charge on any atom is -0.535 e.